The third-order valence-corrected chi connectivity index (χ3v) is 4.86. The number of hydrogen-bond donors (Lipinski definition) is 1. The summed E-state index contributed by atoms with van der Waals surface area (Å²) in [5.41, 5.74) is 3.51. The lowest BCUT2D eigenvalue weighted by Gasteiger charge is -2.25. The Labute approximate surface area is 146 Å². The van der Waals surface area contributed by atoms with E-state index in [1.165, 1.54) is 11.1 Å². The lowest BCUT2D eigenvalue weighted by Crippen LogP contribution is -2.33. The van der Waals surface area contributed by atoms with Crippen LogP contribution in [0.4, 0.5) is 0 Å². The summed E-state index contributed by atoms with van der Waals surface area (Å²) in [4.78, 5) is 14.2. The smallest absolute Gasteiger partial charge is 0.244 e. The van der Waals surface area contributed by atoms with Crippen LogP contribution in [0, 0.1) is 0 Å². The van der Waals surface area contributed by atoms with E-state index in [4.69, 9.17) is 4.74 Å². The zero-order valence-electron chi connectivity index (χ0n) is 14.0. The van der Waals surface area contributed by atoms with Gasteiger partial charge in [-0.15, -0.1) is 0 Å². The number of carbonyl (C=O) groups excluding carboxylic acids is 1. The molecule has 24 heavy (non-hydrogen) atoms. The molecule has 1 atom stereocenters. The second-order valence-electron chi connectivity index (χ2n) is 6.08. The molecule has 0 aliphatic carbocycles. The Morgan fingerprint density at radius 3 is 3.04 bits per heavy atom. The standard InChI is InChI=1S/C19H22N2O2S/c1-21(2)17(15-4-5-18-16(11-15)7-9-23-18)12-20-19(22)6-3-14-8-10-24-13-14/h3-6,8,10-11,13,17H,7,9,12H2,1-2H3,(H,20,22)/b6-3+/t17-/m0/s1. The van der Waals surface area contributed by atoms with Crippen LogP contribution in [-0.4, -0.2) is 38.1 Å². The number of likely N-dealkylation sites (N-methyl/N-ethyl adjacent to an activating group) is 1. The third-order valence-electron chi connectivity index (χ3n) is 4.16. The minimum atomic E-state index is -0.0717. The number of thiophene rings is 1. The van der Waals surface area contributed by atoms with Crippen molar-refractivity contribution in [1.82, 2.24) is 10.2 Å². The number of rotatable bonds is 6. The first-order valence-corrected chi connectivity index (χ1v) is 8.98. The van der Waals surface area contributed by atoms with Crippen LogP contribution in [0.1, 0.15) is 22.7 Å². The molecule has 0 spiro atoms. The molecule has 0 unspecified atom stereocenters. The average molecular weight is 342 g/mol. The van der Waals surface area contributed by atoms with Gasteiger partial charge in [0.15, 0.2) is 0 Å². The quantitative estimate of drug-likeness (QED) is 0.820. The predicted octanol–water partition coefficient (Wildman–Crippen LogP) is 3.12. The number of hydrogen-bond acceptors (Lipinski definition) is 4. The summed E-state index contributed by atoms with van der Waals surface area (Å²) in [6, 6.07) is 8.44. The van der Waals surface area contributed by atoms with E-state index in [9.17, 15) is 4.79 Å². The number of nitrogens with one attached hydrogen (secondary N) is 1. The van der Waals surface area contributed by atoms with Gasteiger partial charge >= 0.3 is 0 Å². The lowest BCUT2D eigenvalue weighted by atomic mass is 10.0. The van der Waals surface area contributed by atoms with Crippen molar-refractivity contribution in [2.45, 2.75) is 12.5 Å². The largest absolute Gasteiger partial charge is 0.493 e. The summed E-state index contributed by atoms with van der Waals surface area (Å²) in [5.74, 6) is 0.913. The molecule has 1 aliphatic rings. The van der Waals surface area contributed by atoms with Gasteiger partial charge in [0.05, 0.1) is 12.6 Å². The maximum Gasteiger partial charge on any atom is 0.244 e. The van der Waals surface area contributed by atoms with Crippen molar-refractivity contribution in [3.63, 3.8) is 0 Å². The first-order chi connectivity index (χ1) is 11.6. The van der Waals surface area contributed by atoms with Gasteiger partial charge in [0, 0.05) is 19.0 Å². The molecule has 1 amide bonds. The Hall–Kier alpha value is -2.11. The minimum Gasteiger partial charge on any atom is -0.493 e. The maximum absolute atomic E-state index is 12.1. The Morgan fingerprint density at radius 2 is 2.29 bits per heavy atom. The van der Waals surface area contributed by atoms with Crippen LogP contribution < -0.4 is 10.1 Å². The maximum atomic E-state index is 12.1. The highest BCUT2D eigenvalue weighted by molar-refractivity contribution is 7.08. The summed E-state index contributed by atoms with van der Waals surface area (Å²) >= 11 is 1.62. The number of carbonyl (C=O) groups is 1. The van der Waals surface area contributed by atoms with Crippen molar-refractivity contribution in [2.75, 3.05) is 27.2 Å². The molecule has 1 aromatic carbocycles. The molecular formula is C19H22N2O2S. The van der Waals surface area contributed by atoms with Crippen molar-refractivity contribution >= 4 is 23.3 Å². The molecule has 1 aliphatic heterocycles. The molecule has 1 N–H and O–H groups in total. The summed E-state index contributed by atoms with van der Waals surface area (Å²) in [6.07, 6.45) is 4.38. The Kier molecular flexibility index (Phi) is 5.33. The fraction of sp³-hybridized carbons (Fsp3) is 0.316. The average Bonchev–Trinajstić information content (AvgIpc) is 3.23. The van der Waals surface area contributed by atoms with E-state index in [0.29, 0.717) is 6.54 Å². The second-order valence-corrected chi connectivity index (χ2v) is 6.86. The monoisotopic (exact) mass is 342 g/mol. The van der Waals surface area contributed by atoms with Gasteiger partial charge in [-0.2, -0.15) is 11.3 Å². The van der Waals surface area contributed by atoms with E-state index in [2.05, 4.69) is 22.3 Å². The summed E-state index contributed by atoms with van der Waals surface area (Å²) in [5, 5.41) is 7.01. The Bertz CT molecular complexity index is 723. The molecule has 1 aromatic heterocycles. The van der Waals surface area contributed by atoms with Crippen LogP contribution in [0.5, 0.6) is 5.75 Å². The molecule has 3 rings (SSSR count). The van der Waals surface area contributed by atoms with Gasteiger partial charge in [-0.1, -0.05) is 12.1 Å². The molecule has 0 fully saturated rings. The van der Waals surface area contributed by atoms with E-state index in [-0.39, 0.29) is 11.9 Å². The molecule has 0 radical (unpaired) electrons. The van der Waals surface area contributed by atoms with E-state index in [1.54, 1.807) is 17.4 Å². The minimum absolute atomic E-state index is 0.0717. The Balaban J connectivity index is 1.63. The number of ether oxygens (including phenoxy) is 1. The highest BCUT2D eigenvalue weighted by atomic mass is 32.1. The van der Waals surface area contributed by atoms with Gasteiger partial charge in [0.2, 0.25) is 5.91 Å². The van der Waals surface area contributed by atoms with E-state index in [1.807, 2.05) is 43.1 Å². The predicted molar refractivity (Wildman–Crippen MR) is 98.4 cm³/mol. The van der Waals surface area contributed by atoms with Gasteiger partial charge < -0.3 is 15.0 Å². The van der Waals surface area contributed by atoms with Gasteiger partial charge in [0.1, 0.15) is 5.75 Å². The molecule has 4 nitrogen and oxygen atoms in total. The van der Waals surface area contributed by atoms with Gasteiger partial charge in [0.25, 0.3) is 0 Å². The molecule has 0 saturated carbocycles. The fourth-order valence-electron chi connectivity index (χ4n) is 2.81. The molecule has 126 valence electrons. The molecule has 5 heteroatoms. The first-order valence-electron chi connectivity index (χ1n) is 8.03. The zero-order chi connectivity index (χ0) is 16.9. The van der Waals surface area contributed by atoms with E-state index >= 15 is 0 Å². The van der Waals surface area contributed by atoms with Crippen LogP contribution >= 0.6 is 11.3 Å². The van der Waals surface area contributed by atoms with Crippen LogP contribution in [0.25, 0.3) is 6.08 Å². The number of benzene rings is 1. The molecule has 2 aromatic rings. The normalized spacial score (nSPS) is 14.6. The van der Waals surface area contributed by atoms with E-state index in [0.717, 1.165) is 24.3 Å². The van der Waals surface area contributed by atoms with Crippen molar-refractivity contribution < 1.29 is 9.53 Å². The summed E-state index contributed by atoms with van der Waals surface area (Å²) < 4.78 is 5.57. The van der Waals surface area contributed by atoms with Gasteiger partial charge in [-0.05, 0) is 59.8 Å². The number of nitrogens with zero attached hydrogens (tertiary/aromatic N) is 1. The SMILES string of the molecule is CN(C)[C@@H](CNC(=O)/C=C/c1ccsc1)c1ccc2c(c1)CCO2. The fourth-order valence-corrected chi connectivity index (χ4v) is 3.44. The van der Waals surface area contributed by atoms with Gasteiger partial charge in [-0.25, -0.2) is 0 Å². The van der Waals surface area contributed by atoms with Crippen molar-refractivity contribution in [3.8, 4) is 5.75 Å². The van der Waals surface area contributed by atoms with E-state index < -0.39 is 0 Å². The highest BCUT2D eigenvalue weighted by Crippen LogP contribution is 2.29. The second kappa shape index (κ2) is 7.64. The first kappa shape index (κ1) is 16.7. The van der Waals surface area contributed by atoms with Gasteiger partial charge in [-0.3, -0.25) is 4.79 Å². The van der Waals surface area contributed by atoms with Crippen molar-refractivity contribution in [3.05, 3.63) is 57.8 Å². The summed E-state index contributed by atoms with van der Waals surface area (Å²) in [7, 11) is 4.06. The molecule has 2 heterocycles. The topological polar surface area (TPSA) is 41.6 Å². The molecule has 0 saturated heterocycles. The molecular weight excluding hydrogens is 320 g/mol. The third kappa shape index (κ3) is 4.04. The Morgan fingerprint density at radius 1 is 1.42 bits per heavy atom. The lowest BCUT2D eigenvalue weighted by molar-refractivity contribution is -0.116. The van der Waals surface area contributed by atoms with Crippen molar-refractivity contribution in [2.24, 2.45) is 0 Å². The summed E-state index contributed by atoms with van der Waals surface area (Å²) in [6.45, 7) is 1.33. The molecule has 0 bridgehead atoms. The van der Waals surface area contributed by atoms with Crippen LogP contribution in [0.3, 0.4) is 0 Å². The van der Waals surface area contributed by atoms with Crippen LogP contribution in [-0.2, 0) is 11.2 Å². The highest BCUT2D eigenvalue weighted by Gasteiger charge is 2.19. The van der Waals surface area contributed by atoms with Crippen LogP contribution in [0.2, 0.25) is 0 Å². The van der Waals surface area contributed by atoms with Crippen molar-refractivity contribution in [1.29, 1.82) is 0 Å². The van der Waals surface area contributed by atoms with Crippen LogP contribution in [0.15, 0.2) is 41.1 Å². The number of amides is 1. The number of fused-ring (bicyclic) bond motifs is 1. The zero-order valence-corrected chi connectivity index (χ0v) is 14.8.